The van der Waals surface area contributed by atoms with Crippen LogP contribution in [0.15, 0.2) is 54.6 Å². The van der Waals surface area contributed by atoms with Crippen LogP contribution in [0.25, 0.3) is 0 Å². The second-order valence-corrected chi connectivity index (χ2v) is 8.07. The van der Waals surface area contributed by atoms with Crippen molar-refractivity contribution in [2.24, 2.45) is 0 Å². The molecule has 0 aliphatic carbocycles. The molecule has 3 aromatic rings. The van der Waals surface area contributed by atoms with Crippen molar-refractivity contribution in [2.75, 3.05) is 23.4 Å². The molecule has 1 aromatic heterocycles. The van der Waals surface area contributed by atoms with Gasteiger partial charge in [-0.1, -0.05) is 18.2 Å². The van der Waals surface area contributed by atoms with E-state index in [0.717, 1.165) is 41.5 Å². The Kier molecular flexibility index (Phi) is 6.40. The summed E-state index contributed by atoms with van der Waals surface area (Å²) in [5.41, 5.74) is 5.34. The Morgan fingerprint density at radius 1 is 1.16 bits per heavy atom. The third kappa shape index (κ3) is 4.59. The lowest BCUT2D eigenvalue weighted by Gasteiger charge is -2.37. The van der Waals surface area contributed by atoms with E-state index >= 15 is 0 Å². The number of benzene rings is 2. The molecule has 4 rings (SSSR count). The van der Waals surface area contributed by atoms with Crippen molar-refractivity contribution in [1.82, 2.24) is 9.97 Å². The van der Waals surface area contributed by atoms with Gasteiger partial charge in [0.05, 0.1) is 6.04 Å². The van der Waals surface area contributed by atoms with Gasteiger partial charge in [-0.3, -0.25) is 0 Å². The van der Waals surface area contributed by atoms with Gasteiger partial charge in [-0.25, -0.2) is 9.37 Å². The number of aromatic nitrogens is 2. The number of ether oxygens (including phenoxy) is 1. The summed E-state index contributed by atoms with van der Waals surface area (Å²) in [4.78, 5) is 11.8. The third-order valence-electron chi connectivity index (χ3n) is 5.97. The van der Waals surface area contributed by atoms with Crippen LogP contribution in [0.1, 0.15) is 42.3 Å². The van der Waals surface area contributed by atoms with E-state index in [2.05, 4.69) is 47.2 Å². The molecule has 0 amide bonds. The molecule has 0 saturated heterocycles. The van der Waals surface area contributed by atoms with E-state index in [1.165, 1.54) is 23.3 Å². The van der Waals surface area contributed by atoms with Gasteiger partial charge in [-0.2, -0.15) is 4.98 Å². The summed E-state index contributed by atoms with van der Waals surface area (Å²) in [6, 6.07) is 12.7. The Bertz CT molecular complexity index is 1130. The summed E-state index contributed by atoms with van der Waals surface area (Å²) in [6.07, 6.45) is 4.93. The summed E-state index contributed by atoms with van der Waals surface area (Å²) in [5.74, 6) is 2.04. The number of nitrogens with one attached hydrogen (secondary N) is 1. The van der Waals surface area contributed by atoms with Crippen molar-refractivity contribution < 1.29 is 9.13 Å². The highest BCUT2D eigenvalue weighted by atomic mass is 19.1. The molecule has 0 saturated carbocycles. The van der Waals surface area contributed by atoms with Crippen molar-refractivity contribution in [1.29, 1.82) is 0 Å². The van der Waals surface area contributed by atoms with E-state index in [9.17, 15) is 4.39 Å². The van der Waals surface area contributed by atoms with Crippen LogP contribution in [-0.4, -0.2) is 23.1 Å². The second-order valence-electron chi connectivity index (χ2n) is 8.07. The van der Waals surface area contributed by atoms with E-state index < -0.39 is 0 Å². The van der Waals surface area contributed by atoms with Gasteiger partial charge in [0, 0.05) is 23.5 Å². The van der Waals surface area contributed by atoms with E-state index in [-0.39, 0.29) is 11.9 Å². The van der Waals surface area contributed by atoms with Gasteiger partial charge in [0.25, 0.3) is 0 Å². The fraction of sp³-hybridized carbons (Fsp3) is 0.308. The SMILES string of the molecule is C/C=C/COc1ccc2c(c1)C(C)N(c1nc(Nc3ccc(F)cc3)nc(C)c1C)CC2. The number of fused-ring (bicyclic) bond motifs is 1. The number of halogens is 1. The van der Waals surface area contributed by atoms with Crippen LogP contribution in [0.3, 0.4) is 0 Å². The van der Waals surface area contributed by atoms with Crippen LogP contribution in [0.4, 0.5) is 21.8 Å². The largest absolute Gasteiger partial charge is 0.490 e. The molecule has 0 radical (unpaired) electrons. The van der Waals surface area contributed by atoms with Gasteiger partial charge in [0.15, 0.2) is 0 Å². The zero-order chi connectivity index (χ0) is 22.7. The van der Waals surface area contributed by atoms with Gasteiger partial charge in [-0.15, -0.1) is 0 Å². The zero-order valence-corrected chi connectivity index (χ0v) is 19.0. The predicted molar refractivity (Wildman–Crippen MR) is 127 cm³/mol. The van der Waals surface area contributed by atoms with Crippen LogP contribution in [0, 0.1) is 19.7 Å². The van der Waals surface area contributed by atoms with Crippen molar-refractivity contribution in [3.8, 4) is 5.75 Å². The summed E-state index contributed by atoms with van der Waals surface area (Å²) in [6.45, 7) is 9.69. The standard InChI is InChI=1S/C26H29FN4O/c1-5-6-15-32-23-12-7-20-13-14-31(19(4)24(20)16-23)25-17(2)18(3)28-26(30-25)29-22-10-8-21(27)9-11-22/h5-12,16,19H,13-15H2,1-4H3,(H,28,29,30)/b6-5+. The molecule has 1 atom stereocenters. The summed E-state index contributed by atoms with van der Waals surface area (Å²) in [7, 11) is 0. The first kappa shape index (κ1) is 21.8. The lowest BCUT2D eigenvalue weighted by molar-refractivity contribution is 0.361. The van der Waals surface area contributed by atoms with E-state index in [1.54, 1.807) is 12.1 Å². The maximum atomic E-state index is 13.3. The normalized spacial score (nSPS) is 15.7. The Morgan fingerprint density at radius 2 is 1.94 bits per heavy atom. The average Bonchev–Trinajstić information content (AvgIpc) is 2.79. The Labute approximate surface area is 189 Å². The minimum Gasteiger partial charge on any atom is -0.490 e. The first-order chi connectivity index (χ1) is 15.5. The number of nitrogens with zero attached hydrogens (tertiary/aromatic N) is 3. The van der Waals surface area contributed by atoms with Crippen molar-refractivity contribution >= 4 is 17.5 Å². The molecular weight excluding hydrogens is 403 g/mol. The molecule has 2 heterocycles. The maximum absolute atomic E-state index is 13.3. The van der Waals surface area contributed by atoms with Gasteiger partial charge in [0.1, 0.15) is 24.0 Å². The van der Waals surface area contributed by atoms with Crippen LogP contribution < -0.4 is 15.0 Å². The number of rotatable bonds is 6. The van der Waals surface area contributed by atoms with E-state index in [0.29, 0.717) is 12.6 Å². The van der Waals surface area contributed by atoms with E-state index in [4.69, 9.17) is 9.72 Å². The number of allylic oxidation sites excluding steroid dienone is 1. The molecule has 32 heavy (non-hydrogen) atoms. The second kappa shape index (κ2) is 9.39. The van der Waals surface area contributed by atoms with Crippen molar-refractivity contribution in [3.63, 3.8) is 0 Å². The molecular formula is C26H29FN4O. The van der Waals surface area contributed by atoms with Crippen LogP contribution in [0.2, 0.25) is 0 Å². The number of aryl methyl sites for hydroxylation is 1. The van der Waals surface area contributed by atoms with Crippen LogP contribution >= 0.6 is 0 Å². The molecule has 166 valence electrons. The number of hydrogen-bond acceptors (Lipinski definition) is 5. The van der Waals surface area contributed by atoms with Gasteiger partial charge < -0.3 is 15.0 Å². The molecule has 0 fully saturated rings. The average molecular weight is 433 g/mol. The smallest absolute Gasteiger partial charge is 0.229 e. The highest BCUT2D eigenvalue weighted by Crippen LogP contribution is 2.36. The van der Waals surface area contributed by atoms with Crippen LogP contribution in [0.5, 0.6) is 5.75 Å². The molecule has 1 unspecified atom stereocenters. The molecule has 0 bridgehead atoms. The minimum absolute atomic E-state index is 0.149. The molecule has 1 N–H and O–H groups in total. The Balaban J connectivity index is 1.62. The molecule has 1 aliphatic rings. The molecule has 1 aliphatic heterocycles. The number of hydrogen-bond donors (Lipinski definition) is 1. The topological polar surface area (TPSA) is 50.3 Å². The highest BCUT2D eigenvalue weighted by molar-refractivity contribution is 5.60. The molecule has 0 spiro atoms. The fourth-order valence-electron chi connectivity index (χ4n) is 4.02. The number of anilines is 3. The van der Waals surface area contributed by atoms with Gasteiger partial charge in [0.2, 0.25) is 5.95 Å². The Hall–Kier alpha value is -3.41. The molecule has 2 aromatic carbocycles. The van der Waals surface area contributed by atoms with Crippen molar-refractivity contribution in [3.05, 3.63) is 82.8 Å². The summed E-state index contributed by atoms with van der Waals surface area (Å²) in [5, 5.41) is 3.21. The van der Waals surface area contributed by atoms with E-state index in [1.807, 2.05) is 26.0 Å². The maximum Gasteiger partial charge on any atom is 0.229 e. The van der Waals surface area contributed by atoms with Gasteiger partial charge in [-0.05, 0) is 81.6 Å². The highest BCUT2D eigenvalue weighted by Gasteiger charge is 2.27. The summed E-state index contributed by atoms with van der Waals surface area (Å²) < 4.78 is 19.1. The minimum atomic E-state index is -0.271. The summed E-state index contributed by atoms with van der Waals surface area (Å²) >= 11 is 0. The molecule has 5 nitrogen and oxygen atoms in total. The third-order valence-corrected chi connectivity index (χ3v) is 5.97. The zero-order valence-electron chi connectivity index (χ0n) is 19.0. The first-order valence-electron chi connectivity index (χ1n) is 11.0. The monoisotopic (exact) mass is 432 g/mol. The molecule has 6 heteroatoms. The predicted octanol–water partition coefficient (Wildman–Crippen LogP) is 6.05. The van der Waals surface area contributed by atoms with Gasteiger partial charge >= 0.3 is 0 Å². The first-order valence-corrected chi connectivity index (χ1v) is 11.0. The van der Waals surface area contributed by atoms with Crippen LogP contribution in [-0.2, 0) is 6.42 Å². The quantitative estimate of drug-likeness (QED) is 0.480. The fourth-order valence-corrected chi connectivity index (χ4v) is 4.02. The Morgan fingerprint density at radius 3 is 2.69 bits per heavy atom. The lowest BCUT2D eigenvalue weighted by atomic mass is 9.93. The van der Waals surface area contributed by atoms with Crippen molar-refractivity contribution in [2.45, 2.75) is 40.2 Å². The lowest BCUT2D eigenvalue weighted by Crippen LogP contribution is -2.35.